The molecule has 0 atom stereocenters. The Bertz CT molecular complexity index is 1340. The van der Waals surface area contributed by atoms with Crippen LogP contribution in [0, 0.1) is 0 Å². The molecule has 1 fully saturated rings. The number of halogens is 1. The minimum Gasteiger partial charge on any atom is -0.486 e. The average Bonchev–Trinajstić information content (AvgIpc) is 3.39. The number of anilines is 1. The number of nitrogens with one attached hydrogen (secondary N) is 1. The molecule has 2 aromatic carbocycles. The van der Waals surface area contributed by atoms with E-state index in [1.165, 1.54) is 17.8 Å². The number of fused-ring (bicyclic) bond motifs is 1. The summed E-state index contributed by atoms with van der Waals surface area (Å²) in [6, 6.07) is 15.8. The minimum absolute atomic E-state index is 0.180. The zero-order chi connectivity index (χ0) is 24.4. The lowest BCUT2D eigenvalue weighted by atomic mass is 10.2. The van der Waals surface area contributed by atoms with Gasteiger partial charge in [-0.2, -0.15) is 0 Å². The van der Waals surface area contributed by atoms with Crippen LogP contribution in [0.2, 0.25) is 5.02 Å². The van der Waals surface area contributed by atoms with Gasteiger partial charge in [0.25, 0.3) is 11.1 Å². The second kappa shape index (κ2) is 10.1. The second-order valence-electron chi connectivity index (χ2n) is 7.39. The maximum Gasteiger partial charge on any atom is 0.294 e. The fraction of sp³-hybridized carbons (Fsp3) is 0.125. The predicted octanol–water partition coefficient (Wildman–Crippen LogP) is 5.53. The van der Waals surface area contributed by atoms with E-state index in [0.717, 1.165) is 21.6 Å². The van der Waals surface area contributed by atoms with E-state index in [2.05, 4.69) is 5.32 Å². The zero-order valence-corrected chi connectivity index (χ0v) is 20.4. The van der Waals surface area contributed by atoms with Gasteiger partial charge in [0.05, 0.1) is 4.91 Å². The summed E-state index contributed by atoms with van der Waals surface area (Å²) < 4.78 is 16.7. The summed E-state index contributed by atoms with van der Waals surface area (Å²) >= 11 is 8.07. The largest absolute Gasteiger partial charge is 0.486 e. The van der Waals surface area contributed by atoms with Crippen molar-refractivity contribution in [3.05, 3.63) is 70.3 Å². The minimum atomic E-state index is -0.555. The highest BCUT2D eigenvalue weighted by Crippen LogP contribution is 2.35. The van der Waals surface area contributed by atoms with Gasteiger partial charge in [-0.1, -0.05) is 23.4 Å². The van der Waals surface area contributed by atoms with Crippen molar-refractivity contribution in [3.63, 3.8) is 0 Å². The lowest BCUT2D eigenvalue weighted by Crippen LogP contribution is -2.36. The third kappa shape index (κ3) is 5.50. The summed E-state index contributed by atoms with van der Waals surface area (Å²) in [5.74, 6) is 0.478. The van der Waals surface area contributed by atoms with E-state index in [9.17, 15) is 14.4 Å². The molecular formula is C24H17ClN2O6S2. The molecule has 0 spiro atoms. The molecular weight excluding hydrogens is 512 g/mol. The third-order valence-electron chi connectivity index (χ3n) is 4.91. The molecule has 1 saturated heterocycles. The summed E-state index contributed by atoms with van der Waals surface area (Å²) in [6.07, 6.45) is 1.50. The molecule has 35 heavy (non-hydrogen) atoms. The molecule has 178 valence electrons. The fourth-order valence-electron chi connectivity index (χ4n) is 3.32. The standard InChI is InChI=1S/C24H17ClN2O6S2/c25-14-1-5-17(6-2-14)34-22-8-4-16(33-22)12-20-23(29)27(24(30)35-20)13-21(28)26-15-3-7-18-19(11-15)32-10-9-31-18/h1-8,11-12H,9-10,13H2,(H,26,28)/b20-12-. The Kier molecular flexibility index (Phi) is 6.76. The lowest BCUT2D eigenvalue weighted by molar-refractivity contribution is -0.127. The summed E-state index contributed by atoms with van der Waals surface area (Å²) in [4.78, 5) is 39.7. The van der Waals surface area contributed by atoms with Gasteiger partial charge in [0.2, 0.25) is 5.91 Å². The van der Waals surface area contributed by atoms with Crippen molar-refractivity contribution in [3.8, 4) is 11.5 Å². The molecule has 0 saturated carbocycles. The number of carbonyl (C=O) groups excluding carboxylic acids is 3. The normalized spacial score (nSPS) is 16.1. The number of furan rings is 1. The van der Waals surface area contributed by atoms with E-state index in [0.29, 0.717) is 46.3 Å². The predicted molar refractivity (Wildman–Crippen MR) is 133 cm³/mol. The van der Waals surface area contributed by atoms with Crippen LogP contribution < -0.4 is 14.8 Å². The van der Waals surface area contributed by atoms with Gasteiger partial charge in [-0.05, 0) is 60.3 Å². The molecule has 3 heterocycles. The topological polar surface area (TPSA) is 98.1 Å². The Labute approximate surface area is 213 Å². The van der Waals surface area contributed by atoms with Crippen molar-refractivity contribution in [2.24, 2.45) is 0 Å². The molecule has 1 N–H and O–H groups in total. The molecule has 11 heteroatoms. The maximum atomic E-state index is 12.8. The highest BCUT2D eigenvalue weighted by atomic mass is 35.5. The van der Waals surface area contributed by atoms with Crippen LogP contribution in [0.3, 0.4) is 0 Å². The van der Waals surface area contributed by atoms with Gasteiger partial charge in [-0.25, -0.2) is 0 Å². The Hall–Kier alpha value is -3.34. The van der Waals surface area contributed by atoms with E-state index < -0.39 is 23.6 Å². The summed E-state index contributed by atoms with van der Waals surface area (Å²) in [6.45, 7) is 0.475. The lowest BCUT2D eigenvalue weighted by Gasteiger charge is -2.19. The monoisotopic (exact) mass is 528 g/mol. The molecule has 3 amide bonds. The van der Waals surface area contributed by atoms with E-state index >= 15 is 0 Å². The first-order chi connectivity index (χ1) is 16.9. The van der Waals surface area contributed by atoms with Crippen LogP contribution in [0.5, 0.6) is 11.5 Å². The van der Waals surface area contributed by atoms with Crippen LogP contribution in [0.25, 0.3) is 6.08 Å². The van der Waals surface area contributed by atoms with E-state index in [4.69, 9.17) is 25.5 Å². The maximum absolute atomic E-state index is 12.8. The number of benzene rings is 2. The molecule has 8 nitrogen and oxygen atoms in total. The number of amides is 3. The third-order valence-corrected chi connectivity index (χ3v) is 7.00. The number of hydrogen-bond donors (Lipinski definition) is 1. The first-order valence-electron chi connectivity index (χ1n) is 10.4. The van der Waals surface area contributed by atoms with Gasteiger partial charge < -0.3 is 19.2 Å². The Balaban J connectivity index is 1.21. The molecule has 0 radical (unpaired) electrons. The number of imide groups is 1. The van der Waals surface area contributed by atoms with Gasteiger partial charge in [-0.15, -0.1) is 0 Å². The number of nitrogens with zero attached hydrogens (tertiary/aromatic N) is 1. The average molecular weight is 529 g/mol. The molecule has 2 aliphatic heterocycles. The molecule has 1 aromatic heterocycles. The highest BCUT2D eigenvalue weighted by Gasteiger charge is 2.36. The van der Waals surface area contributed by atoms with E-state index in [-0.39, 0.29) is 4.91 Å². The smallest absolute Gasteiger partial charge is 0.294 e. The highest BCUT2D eigenvalue weighted by molar-refractivity contribution is 8.18. The van der Waals surface area contributed by atoms with Crippen molar-refractivity contribution in [1.82, 2.24) is 4.90 Å². The van der Waals surface area contributed by atoms with Gasteiger partial charge in [0.15, 0.2) is 16.6 Å². The molecule has 3 aromatic rings. The van der Waals surface area contributed by atoms with E-state index in [1.54, 1.807) is 42.5 Å². The number of hydrogen-bond acceptors (Lipinski definition) is 8. The van der Waals surface area contributed by atoms with Gasteiger partial charge in [0, 0.05) is 27.7 Å². The number of thioether (sulfide) groups is 1. The number of ether oxygens (including phenoxy) is 2. The van der Waals surface area contributed by atoms with Crippen LogP contribution in [-0.4, -0.2) is 41.7 Å². The molecule has 0 bridgehead atoms. The van der Waals surface area contributed by atoms with Crippen molar-refractivity contribution in [1.29, 1.82) is 0 Å². The molecule has 5 rings (SSSR count). The van der Waals surface area contributed by atoms with Crippen molar-refractivity contribution in [2.75, 3.05) is 25.1 Å². The summed E-state index contributed by atoms with van der Waals surface area (Å²) in [5.41, 5.74) is 0.475. The van der Waals surface area contributed by atoms with Crippen molar-refractivity contribution < 1.29 is 28.3 Å². The number of rotatable bonds is 6. The van der Waals surface area contributed by atoms with Crippen molar-refractivity contribution in [2.45, 2.75) is 9.99 Å². The molecule has 2 aliphatic rings. The first-order valence-corrected chi connectivity index (χ1v) is 12.4. The summed E-state index contributed by atoms with van der Waals surface area (Å²) in [7, 11) is 0. The SMILES string of the molecule is O=C(CN1C(=O)S/C(=C\c2ccc(Sc3ccc(Cl)cc3)o2)C1=O)Nc1ccc2c(c1)OCCO2. The van der Waals surface area contributed by atoms with Crippen LogP contribution in [0.4, 0.5) is 10.5 Å². The molecule has 0 unspecified atom stereocenters. The van der Waals surface area contributed by atoms with Crippen LogP contribution >= 0.6 is 35.1 Å². The Morgan fingerprint density at radius 1 is 1.06 bits per heavy atom. The van der Waals surface area contributed by atoms with Gasteiger partial charge in [0.1, 0.15) is 25.5 Å². The zero-order valence-electron chi connectivity index (χ0n) is 18.0. The van der Waals surface area contributed by atoms with Crippen LogP contribution in [0.15, 0.2) is 73.9 Å². The molecule has 0 aliphatic carbocycles. The van der Waals surface area contributed by atoms with Gasteiger partial charge >= 0.3 is 0 Å². The van der Waals surface area contributed by atoms with Crippen LogP contribution in [-0.2, 0) is 9.59 Å². The Morgan fingerprint density at radius 3 is 2.63 bits per heavy atom. The number of carbonyl (C=O) groups is 3. The Morgan fingerprint density at radius 2 is 1.83 bits per heavy atom. The second-order valence-corrected chi connectivity index (χ2v) is 9.89. The quantitative estimate of drug-likeness (QED) is 0.417. The first kappa shape index (κ1) is 23.4. The van der Waals surface area contributed by atoms with Crippen molar-refractivity contribution >= 4 is 63.9 Å². The summed E-state index contributed by atoms with van der Waals surface area (Å²) in [5, 5.41) is 3.41. The van der Waals surface area contributed by atoms with Gasteiger partial charge in [-0.3, -0.25) is 19.3 Å². The van der Waals surface area contributed by atoms with Crippen LogP contribution in [0.1, 0.15) is 5.76 Å². The van der Waals surface area contributed by atoms with E-state index in [1.807, 2.05) is 12.1 Å². The fourth-order valence-corrected chi connectivity index (χ4v) is 5.04.